The summed E-state index contributed by atoms with van der Waals surface area (Å²) in [6.45, 7) is 4.32. The number of benzene rings is 1. The van der Waals surface area contributed by atoms with Gasteiger partial charge in [0.15, 0.2) is 0 Å². The molecule has 16 heavy (non-hydrogen) atoms. The van der Waals surface area contributed by atoms with E-state index in [1.165, 1.54) is 24.1 Å². The molecule has 2 nitrogen and oxygen atoms in total. The predicted octanol–water partition coefficient (Wildman–Crippen LogP) is 2.84. The van der Waals surface area contributed by atoms with E-state index in [4.69, 9.17) is 11.6 Å². The fourth-order valence-corrected chi connectivity index (χ4v) is 2.54. The van der Waals surface area contributed by atoms with Crippen LogP contribution in [0.15, 0.2) is 18.2 Å². The minimum atomic E-state index is 0.604. The van der Waals surface area contributed by atoms with Crippen LogP contribution in [0.5, 0.6) is 0 Å². The average molecular weight is 239 g/mol. The first-order valence-electron chi connectivity index (χ1n) is 5.89. The second kappa shape index (κ2) is 5.07. The van der Waals surface area contributed by atoms with Gasteiger partial charge in [0.2, 0.25) is 0 Å². The molecule has 1 fully saturated rings. The number of hydrogen-bond acceptors (Lipinski definition) is 2. The second-order valence-electron chi connectivity index (χ2n) is 4.46. The van der Waals surface area contributed by atoms with E-state index >= 15 is 0 Å². The van der Waals surface area contributed by atoms with Crippen molar-refractivity contribution in [2.45, 2.75) is 25.8 Å². The minimum Gasteiger partial charge on any atom is -0.370 e. The number of hydrogen-bond donors (Lipinski definition) is 1. The van der Waals surface area contributed by atoms with Crippen LogP contribution in [-0.2, 0) is 0 Å². The molecule has 3 heteroatoms. The Hall–Kier alpha value is -0.730. The Balaban J connectivity index is 2.20. The molecule has 1 heterocycles. The maximum atomic E-state index is 6.16. The van der Waals surface area contributed by atoms with Gasteiger partial charge in [0.25, 0.3) is 0 Å². The molecule has 1 N–H and O–H groups in total. The highest BCUT2D eigenvalue weighted by atomic mass is 35.5. The van der Waals surface area contributed by atoms with Gasteiger partial charge in [-0.3, -0.25) is 0 Å². The Kier molecular flexibility index (Phi) is 3.72. The van der Waals surface area contributed by atoms with E-state index in [9.17, 15) is 0 Å². The van der Waals surface area contributed by atoms with Crippen LogP contribution in [0, 0.1) is 6.92 Å². The summed E-state index contributed by atoms with van der Waals surface area (Å²) in [5.74, 6) is 0. The molecule has 0 bridgehead atoms. The van der Waals surface area contributed by atoms with Crippen LogP contribution in [-0.4, -0.2) is 26.2 Å². The van der Waals surface area contributed by atoms with Crippen LogP contribution in [0.4, 0.5) is 5.69 Å². The van der Waals surface area contributed by atoms with Gasteiger partial charge in [0.1, 0.15) is 0 Å². The van der Waals surface area contributed by atoms with Crippen molar-refractivity contribution in [1.82, 2.24) is 5.32 Å². The van der Waals surface area contributed by atoms with Gasteiger partial charge < -0.3 is 10.2 Å². The maximum absolute atomic E-state index is 6.16. The van der Waals surface area contributed by atoms with Gasteiger partial charge in [0, 0.05) is 29.8 Å². The lowest BCUT2D eigenvalue weighted by Crippen LogP contribution is -2.44. The zero-order chi connectivity index (χ0) is 11.5. The number of halogens is 1. The van der Waals surface area contributed by atoms with E-state index in [1.54, 1.807) is 0 Å². The van der Waals surface area contributed by atoms with Crippen LogP contribution in [0.1, 0.15) is 18.4 Å². The standard InChI is InChI=1S/C13H19ClN2/c1-10-12(14)6-3-7-13(10)16-8-4-5-11(9-16)15-2/h3,6-7,11,15H,4-5,8-9H2,1-2H3. The smallest absolute Gasteiger partial charge is 0.0455 e. The van der Waals surface area contributed by atoms with E-state index in [0.717, 1.165) is 18.1 Å². The van der Waals surface area contributed by atoms with Gasteiger partial charge in [0.05, 0.1) is 0 Å². The fourth-order valence-electron chi connectivity index (χ4n) is 2.37. The normalized spacial score (nSPS) is 21.2. The Morgan fingerprint density at radius 3 is 3.00 bits per heavy atom. The van der Waals surface area contributed by atoms with E-state index in [2.05, 4.69) is 23.2 Å². The van der Waals surface area contributed by atoms with Crippen molar-refractivity contribution in [2.24, 2.45) is 0 Å². The molecular weight excluding hydrogens is 220 g/mol. The molecule has 1 atom stereocenters. The topological polar surface area (TPSA) is 15.3 Å². The van der Waals surface area contributed by atoms with Crippen LogP contribution in [0.25, 0.3) is 0 Å². The molecule has 1 aromatic carbocycles. The lowest BCUT2D eigenvalue weighted by molar-refractivity contribution is 0.449. The fraction of sp³-hybridized carbons (Fsp3) is 0.538. The molecule has 0 saturated carbocycles. The van der Waals surface area contributed by atoms with Crippen LogP contribution in [0.2, 0.25) is 5.02 Å². The van der Waals surface area contributed by atoms with E-state index in [1.807, 2.05) is 19.2 Å². The highest BCUT2D eigenvalue weighted by Gasteiger charge is 2.20. The van der Waals surface area contributed by atoms with Crippen molar-refractivity contribution in [3.8, 4) is 0 Å². The van der Waals surface area contributed by atoms with Gasteiger partial charge >= 0.3 is 0 Å². The molecule has 1 aliphatic rings. The van der Waals surface area contributed by atoms with E-state index in [0.29, 0.717) is 6.04 Å². The molecule has 1 aromatic rings. The molecule has 0 aliphatic carbocycles. The third-order valence-corrected chi connectivity index (χ3v) is 3.82. The molecule has 1 unspecified atom stereocenters. The average Bonchev–Trinajstić information content (AvgIpc) is 2.33. The van der Waals surface area contributed by atoms with Crippen molar-refractivity contribution < 1.29 is 0 Å². The van der Waals surface area contributed by atoms with Crippen molar-refractivity contribution in [3.63, 3.8) is 0 Å². The summed E-state index contributed by atoms with van der Waals surface area (Å²) in [5.41, 5.74) is 2.48. The van der Waals surface area contributed by atoms with Gasteiger partial charge in [-0.05, 0) is 44.5 Å². The largest absolute Gasteiger partial charge is 0.370 e. The summed E-state index contributed by atoms with van der Waals surface area (Å²) >= 11 is 6.16. The zero-order valence-corrected chi connectivity index (χ0v) is 10.7. The van der Waals surface area contributed by atoms with Gasteiger partial charge in [-0.15, -0.1) is 0 Å². The molecule has 1 saturated heterocycles. The van der Waals surface area contributed by atoms with E-state index in [-0.39, 0.29) is 0 Å². The van der Waals surface area contributed by atoms with Gasteiger partial charge in [-0.2, -0.15) is 0 Å². The number of likely N-dealkylation sites (N-methyl/N-ethyl adjacent to an activating group) is 1. The number of rotatable bonds is 2. The quantitative estimate of drug-likeness (QED) is 0.853. The predicted molar refractivity (Wildman–Crippen MR) is 70.5 cm³/mol. The number of nitrogens with zero attached hydrogens (tertiary/aromatic N) is 1. The first-order chi connectivity index (χ1) is 7.72. The van der Waals surface area contributed by atoms with Gasteiger partial charge in [-0.25, -0.2) is 0 Å². The van der Waals surface area contributed by atoms with Crippen molar-refractivity contribution in [2.75, 3.05) is 25.0 Å². The van der Waals surface area contributed by atoms with Crippen LogP contribution < -0.4 is 10.2 Å². The summed E-state index contributed by atoms with van der Waals surface area (Å²) in [6, 6.07) is 6.76. The van der Waals surface area contributed by atoms with Gasteiger partial charge in [-0.1, -0.05) is 17.7 Å². The van der Waals surface area contributed by atoms with Crippen LogP contribution >= 0.6 is 11.6 Å². The van der Waals surface area contributed by atoms with Crippen molar-refractivity contribution >= 4 is 17.3 Å². The molecule has 1 aliphatic heterocycles. The first kappa shape index (κ1) is 11.7. The zero-order valence-electron chi connectivity index (χ0n) is 9.96. The summed E-state index contributed by atoms with van der Waals surface area (Å²) < 4.78 is 0. The number of piperidine rings is 1. The minimum absolute atomic E-state index is 0.604. The van der Waals surface area contributed by atoms with Crippen LogP contribution in [0.3, 0.4) is 0 Å². The molecule has 0 aromatic heterocycles. The molecule has 0 amide bonds. The summed E-state index contributed by atoms with van der Waals surface area (Å²) in [6.07, 6.45) is 2.52. The molecule has 0 radical (unpaired) electrons. The molecule has 88 valence electrons. The SMILES string of the molecule is CNC1CCCN(c2cccc(Cl)c2C)C1. The third-order valence-electron chi connectivity index (χ3n) is 3.41. The Bertz CT molecular complexity index is 365. The maximum Gasteiger partial charge on any atom is 0.0455 e. The lowest BCUT2D eigenvalue weighted by Gasteiger charge is -2.35. The monoisotopic (exact) mass is 238 g/mol. The Labute approximate surface area is 103 Å². The molecule has 2 rings (SSSR count). The first-order valence-corrected chi connectivity index (χ1v) is 6.27. The van der Waals surface area contributed by atoms with E-state index < -0.39 is 0 Å². The lowest BCUT2D eigenvalue weighted by atomic mass is 10.0. The second-order valence-corrected chi connectivity index (χ2v) is 4.87. The summed E-state index contributed by atoms with van der Waals surface area (Å²) in [4.78, 5) is 2.44. The Morgan fingerprint density at radius 1 is 1.44 bits per heavy atom. The van der Waals surface area contributed by atoms with Crippen molar-refractivity contribution in [1.29, 1.82) is 0 Å². The third kappa shape index (κ3) is 2.33. The number of nitrogens with one attached hydrogen (secondary N) is 1. The highest BCUT2D eigenvalue weighted by Crippen LogP contribution is 2.28. The Morgan fingerprint density at radius 2 is 2.25 bits per heavy atom. The summed E-state index contributed by atoms with van der Waals surface area (Å²) in [5, 5.41) is 4.23. The highest BCUT2D eigenvalue weighted by molar-refractivity contribution is 6.31. The van der Waals surface area contributed by atoms with Crippen molar-refractivity contribution in [3.05, 3.63) is 28.8 Å². The number of anilines is 1. The molecule has 0 spiro atoms. The molecular formula is C13H19ClN2. The summed E-state index contributed by atoms with van der Waals surface area (Å²) in [7, 11) is 2.04.